The second-order valence-electron chi connectivity index (χ2n) is 4.23. The predicted octanol–water partition coefficient (Wildman–Crippen LogP) is 3.86. The van der Waals surface area contributed by atoms with Crippen LogP contribution in [0.25, 0.3) is 0 Å². The Morgan fingerprint density at radius 3 is 2.72 bits per heavy atom. The van der Waals surface area contributed by atoms with Crippen LogP contribution in [0.5, 0.6) is 11.6 Å². The maximum atomic E-state index is 5.96. The largest absolute Gasteiger partial charge is 0.439 e. The molecule has 1 aromatic heterocycles. The number of halogens is 1. The summed E-state index contributed by atoms with van der Waals surface area (Å²) in [6.45, 7) is 3.85. The van der Waals surface area contributed by atoms with Crippen LogP contribution >= 0.6 is 11.6 Å². The number of nitrogens with zero attached hydrogens (tertiary/aromatic N) is 1. The molecule has 0 amide bonds. The van der Waals surface area contributed by atoms with Crippen LogP contribution in [0.2, 0.25) is 5.02 Å². The van der Waals surface area contributed by atoms with Crippen molar-refractivity contribution in [2.45, 2.75) is 19.9 Å². The molecule has 1 heterocycles. The van der Waals surface area contributed by atoms with E-state index < -0.39 is 0 Å². The molecule has 0 saturated heterocycles. The number of benzene rings is 1. The molecule has 2 rings (SSSR count). The molecule has 2 N–H and O–H groups in total. The Hall–Kier alpha value is -1.58. The number of aryl methyl sites for hydroxylation is 1. The van der Waals surface area contributed by atoms with Gasteiger partial charge < -0.3 is 10.5 Å². The normalized spacial score (nSPS) is 12.2. The second kappa shape index (κ2) is 5.38. The molecule has 0 bridgehead atoms. The van der Waals surface area contributed by atoms with Gasteiger partial charge in [-0.25, -0.2) is 4.98 Å². The first-order valence-corrected chi connectivity index (χ1v) is 6.09. The van der Waals surface area contributed by atoms with Gasteiger partial charge in [0.1, 0.15) is 5.75 Å². The van der Waals surface area contributed by atoms with E-state index in [-0.39, 0.29) is 6.04 Å². The summed E-state index contributed by atoms with van der Waals surface area (Å²) in [7, 11) is 0. The first-order chi connectivity index (χ1) is 8.56. The van der Waals surface area contributed by atoms with Crippen LogP contribution in [0.4, 0.5) is 0 Å². The van der Waals surface area contributed by atoms with Crippen molar-refractivity contribution in [2.75, 3.05) is 0 Å². The Kier molecular flexibility index (Phi) is 3.84. The molecule has 18 heavy (non-hydrogen) atoms. The first-order valence-electron chi connectivity index (χ1n) is 5.72. The molecule has 0 radical (unpaired) electrons. The Morgan fingerprint density at radius 2 is 2.06 bits per heavy atom. The van der Waals surface area contributed by atoms with E-state index in [4.69, 9.17) is 22.1 Å². The minimum atomic E-state index is -0.0395. The summed E-state index contributed by atoms with van der Waals surface area (Å²) in [5.41, 5.74) is 7.78. The number of pyridine rings is 1. The maximum absolute atomic E-state index is 5.96. The minimum absolute atomic E-state index is 0.0395. The summed E-state index contributed by atoms with van der Waals surface area (Å²) in [5, 5.41) is 0.722. The van der Waals surface area contributed by atoms with Crippen LogP contribution in [0.1, 0.15) is 24.1 Å². The van der Waals surface area contributed by atoms with Gasteiger partial charge in [0.25, 0.3) is 0 Å². The van der Waals surface area contributed by atoms with Gasteiger partial charge in [-0.05, 0) is 49.2 Å². The van der Waals surface area contributed by atoms with Gasteiger partial charge in [-0.1, -0.05) is 11.6 Å². The first kappa shape index (κ1) is 12.9. The molecule has 0 aliphatic carbocycles. The van der Waals surface area contributed by atoms with E-state index in [2.05, 4.69) is 4.98 Å². The molecule has 0 spiro atoms. The zero-order valence-corrected chi connectivity index (χ0v) is 11.1. The molecular formula is C14H15ClN2O. The average molecular weight is 263 g/mol. The fourth-order valence-electron chi connectivity index (χ4n) is 1.57. The van der Waals surface area contributed by atoms with Crippen LogP contribution in [-0.2, 0) is 0 Å². The summed E-state index contributed by atoms with van der Waals surface area (Å²) in [5.74, 6) is 1.25. The van der Waals surface area contributed by atoms with E-state index in [1.165, 1.54) is 0 Å². The molecule has 0 aliphatic heterocycles. The van der Waals surface area contributed by atoms with Gasteiger partial charge in [0.05, 0.1) is 0 Å². The highest BCUT2D eigenvalue weighted by Crippen LogP contribution is 2.25. The summed E-state index contributed by atoms with van der Waals surface area (Å²) < 4.78 is 5.68. The van der Waals surface area contributed by atoms with Gasteiger partial charge in [0, 0.05) is 23.3 Å². The van der Waals surface area contributed by atoms with Crippen LogP contribution in [0.15, 0.2) is 36.5 Å². The van der Waals surface area contributed by atoms with Gasteiger partial charge in [0.15, 0.2) is 0 Å². The quantitative estimate of drug-likeness (QED) is 0.914. The molecule has 1 atom stereocenters. The SMILES string of the molecule is Cc1cc(Oc2cc([C@@H](C)N)ccn2)ccc1Cl. The lowest BCUT2D eigenvalue weighted by Crippen LogP contribution is -2.05. The smallest absolute Gasteiger partial charge is 0.219 e. The molecule has 2 aromatic rings. The zero-order valence-electron chi connectivity index (χ0n) is 10.4. The predicted molar refractivity (Wildman–Crippen MR) is 73.1 cm³/mol. The summed E-state index contributed by atoms with van der Waals surface area (Å²) in [4.78, 5) is 4.16. The van der Waals surface area contributed by atoms with E-state index in [0.717, 1.165) is 16.1 Å². The van der Waals surface area contributed by atoms with Gasteiger partial charge in [-0.15, -0.1) is 0 Å². The number of nitrogens with two attached hydrogens (primary N) is 1. The third-order valence-corrected chi connectivity index (χ3v) is 3.06. The molecule has 0 fully saturated rings. The highest BCUT2D eigenvalue weighted by atomic mass is 35.5. The van der Waals surface area contributed by atoms with Crippen molar-refractivity contribution >= 4 is 11.6 Å². The summed E-state index contributed by atoms with van der Waals surface area (Å²) in [6, 6.07) is 9.18. The third kappa shape index (κ3) is 3.00. The van der Waals surface area contributed by atoms with Crippen LogP contribution < -0.4 is 10.5 Å². The van der Waals surface area contributed by atoms with Crippen molar-refractivity contribution in [1.29, 1.82) is 0 Å². The molecule has 3 nitrogen and oxygen atoms in total. The van der Waals surface area contributed by atoms with Gasteiger partial charge in [0.2, 0.25) is 5.88 Å². The third-order valence-electron chi connectivity index (χ3n) is 2.64. The lowest BCUT2D eigenvalue weighted by atomic mass is 10.1. The lowest BCUT2D eigenvalue weighted by Gasteiger charge is -2.09. The molecule has 4 heteroatoms. The van der Waals surface area contributed by atoms with Crippen molar-refractivity contribution in [2.24, 2.45) is 5.73 Å². The van der Waals surface area contributed by atoms with Crippen LogP contribution in [0, 0.1) is 6.92 Å². The fourth-order valence-corrected chi connectivity index (χ4v) is 1.68. The van der Waals surface area contributed by atoms with Crippen molar-refractivity contribution in [3.63, 3.8) is 0 Å². The molecule has 0 aliphatic rings. The Labute approximate surface area is 112 Å². The number of ether oxygens (including phenoxy) is 1. The van der Waals surface area contributed by atoms with E-state index in [9.17, 15) is 0 Å². The second-order valence-corrected chi connectivity index (χ2v) is 4.64. The van der Waals surface area contributed by atoms with Crippen LogP contribution in [-0.4, -0.2) is 4.98 Å². The molecule has 0 unspecified atom stereocenters. The maximum Gasteiger partial charge on any atom is 0.219 e. The van der Waals surface area contributed by atoms with E-state index in [1.807, 2.05) is 44.2 Å². The Balaban J connectivity index is 2.23. The highest BCUT2D eigenvalue weighted by molar-refractivity contribution is 6.31. The number of hydrogen-bond acceptors (Lipinski definition) is 3. The highest BCUT2D eigenvalue weighted by Gasteiger charge is 2.04. The van der Waals surface area contributed by atoms with Crippen molar-refractivity contribution in [3.05, 3.63) is 52.7 Å². The Bertz CT molecular complexity index is 555. The number of rotatable bonds is 3. The van der Waals surface area contributed by atoms with Crippen molar-refractivity contribution < 1.29 is 4.74 Å². The lowest BCUT2D eigenvalue weighted by molar-refractivity contribution is 0.461. The van der Waals surface area contributed by atoms with Gasteiger partial charge in [-0.2, -0.15) is 0 Å². The fraction of sp³-hybridized carbons (Fsp3) is 0.214. The topological polar surface area (TPSA) is 48.1 Å². The summed E-state index contributed by atoms with van der Waals surface area (Å²) >= 11 is 5.96. The summed E-state index contributed by atoms with van der Waals surface area (Å²) in [6.07, 6.45) is 1.69. The zero-order chi connectivity index (χ0) is 13.1. The molecular weight excluding hydrogens is 248 g/mol. The van der Waals surface area contributed by atoms with E-state index in [1.54, 1.807) is 6.20 Å². The number of aromatic nitrogens is 1. The van der Waals surface area contributed by atoms with Crippen molar-refractivity contribution in [1.82, 2.24) is 4.98 Å². The van der Waals surface area contributed by atoms with Crippen LogP contribution in [0.3, 0.4) is 0 Å². The molecule has 94 valence electrons. The molecule has 0 saturated carbocycles. The monoisotopic (exact) mass is 262 g/mol. The molecule has 1 aromatic carbocycles. The van der Waals surface area contributed by atoms with Crippen molar-refractivity contribution in [3.8, 4) is 11.6 Å². The average Bonchev–Trinajstić information content (AvgIpc) is 2.34. The van der Waals surface area contributed by atoms with Gasteiger partial charge in [-0.3, -0.25) is 0 Å². The van der Waals surface area contributed by atoms with E-state index in [0.29, 0.717) is 11.6 Å². The minimum Gasteiger partial charge on any atom is -0.439 e. The van der Waals surface area contributed by atoms with Gasteiger partial charge >= 0.3 is 0 Å². The van der Waals surface area contributed by atoms with E-state index >= 15 is 0 Å². The number of hydrogen-bond donors (Lipinski definition) is 1. The Morgan fingerprint density at radius 1 is 1.28 bits per heavy atom. The standard InChI is InChI=1S/C14H15ClN2O/c1-9-7-12(3-4-13(9)15)18-14-8-11(10(2)16)5-6-17-14/h3-8,10H,16H2,1-2H3/t10-/m1/s1.